The van der Waals surface area contributed by atoms with Crippen molar-refractivity contribution in [1.29, 1.82) is 0 Å². The van der Waals surface area contributed by atoms with E-state index in [1.54, 1.807) is 0 Å². The SMILES string of the molecule is CCCCC1C(CCC)CCC1(C(=O)OC(C)C)C(=O)OC(C)C. The van der Waals surface area contributed by atoms with E-state index in [-0.39, 0.29) is 30.1 Å². The Hall–Kier alpha value is -1.06. The summed E-state index contributed by atoms with van der Waals surface area (Å²) in [6, 6.07) is 0. The summed E-state index contributed by atoms with van der Waals surface area (Å²) in [7, 11) is 0. The predicted molar refractivity (Wildman–Crippen MR) is 95.5 cm³/mol. The van der Waals surface area contributed by atoms with Crippen LogP contribution in [0.15, 0.2) is 0 Å². The lowest BCUT2D eigenvalue weighted by molar-refractivity contribution is -0.181. The van der Waals surface area contributed by atoms with Crippen molar-refractivity contribution in [2.45, 2.75) is 98.7 Å². The van der Waals surface area contributed by atoms with Crippen LogP contribution in [-0.2, 0) is 19.1 Å². The van der Waals surface area contributed by atoms with Crippen LogP contribution in [0.5, 0.6) is 0 Å². The standard InChI is InChI=1S/C20H36O4/c1-7-9-11-17-16(10-8-2)12-13-20(17,18(21)23-14(3)4)19(22)24-15(5)6/h14-17H,7-13H2,1-6H3. The Morgan fingerprint density at radius 1 is 0.958 bits per heavy atom. The zero-order chi connectivity index (χ0) is 18.3. The molecule has 0 radical (unpaired) electrons. The van der Waals surface area contributed by atoms with Crippen LogP contribution in [0, 0.1) is 17.3 Å². The summed E-state index contributed by atoms with van der Waals surface area (Å²) in [5.41, 5.74) is -1.11. The molecule has 0 N–H and O–H groups in total. The molecular formula is C20H36O4. The highest BCUT2D eigenvalue weighted by atomic mass is 16.6. The molecule has 0 aromatic carbocycles. The number of esters is 2. The van der Waals surface area contributed by atoms with Gasteiger partial charge in [-0.3, -0.25) is 9.59 Å². The lowest BCUT2D eigenvalue weighted by atomic mass is 9.71. The molecule has 2 unspecified atom stereocenters. The fourth-order valence-electron chi connectivity index (χ4n) is 4.05. The average Bonchev–Trinajstić information content (AvgIpc) is 2.83. The van der Waals surface area contributed by atoms with Gasteiger partial charge in [-0.25, -0.2) is 0 Å². The number of hydrogen-bond donors (Lipinski definition) is 0. The fraction of sp³-hybridized carbons (Fsp3) is 0.900. The van der Waals surface area contributed by atoms with Crippen molar-refractivity contribution in [3.05, 3.63) is 0 Å². The van der Waals surface area contributed by atoms with Crippen molar-refractivity contribution in [3.8, 4) is 0 Å². The number of ether oxygens (including phenoxy) is 2. The maximum absolute atomic E-state index is 13.0. The summed E-state index contributed by atoms with van der Waals surface area (Å²) in [5, 5.41) is 0. The van der Waals surface area contributed by atoms with Gasteiger partial charge in [0.2, 0.25) is 0 Å². The lowest BCUT2D eigenvalue weighted by Crippen LogP contribution is -2.47. The molecule has 1 saturated carbocycles. The molecule has 1 fully saturated rings. The minimum Gasteiger partial charge on any atom is -0.462 e. The normalized spacial score (nSPS) is 22.8. The molecule has 0 heterocycles. The molecule has 0 aromatic rings. The second-order valence-electron chi connectivity index (χ2n) is 7.72. The van der Waals surface area contributed by atoms with Crippen LogP contribution in [0.1, 0.15) is 86.5 Å². The first-order valence-corrected chi connectivity index (χ1v) is 9.71. The van der Waals surface area contributed by atoms with Gasteiger partial charge in [0.1, 0.15) is 0 Å². The Morgan fingerprint density at radius 3 is 1.92 bits per heavy atom. The first kappa shape index (κ1) is 21.0. The highest BCUT2D eigenvalue weighted by molar-refractivity contribution is 6.01. The highest BCUT2D eigenvalue weighted by Gasteiger charge is 2.60. The molecule has 0 amide bonds. The molecule has 4 nitrogen and oxygen atoms in total. The smallest absolute Gasteiger partial charge is 0.324 e. The molecule has 0 bridgehead atoms. The number of rotatable bonds is 9. The minimum atomic E-state index is -1.11. The van der Waals surface area contributed by atoms with Crippen molar-refractivity contribution in [3.63, 3.8) is 0 Å². The maximum Gasteiger partial charge on any atom is 0.324 e. The molecule has 4 heteroatoms. The molecule has 0 aliphatic heterocycles. The highest BCUT2D eigenvalue weighted by Crippen LogP contribution is 2.52. The second kappa shape index (κ2) is 9.43. The maximum atomic E-state index is 13.0. The van der Waals surface area contributed by atoms with E-state index in [1.165, 1.54) is 0 Å². The topological polar surface area (TPSA) is 52.6 Å². The summed E-state index contributed by atoms with van der Waals surface area (Å²) in [6.45, 7) is 11.6. The van der Waals surface area contributed by atoms with Gasteiger partial charge >= 0.3 is 11.9 Å². The van der Waals surface area contributed by atoms with Crippen LogP contribution >= 0.6 is 0 Å². The lowest BCUT2D eigenvalue weighted by Gasteiger charge is -2.34. The molecule has 1 aliphatic rings. The van der Waals surface area contributed by atoms with Gasteiger partial charge in [-0.1, -0.05) is 39.5 Å². The van der Waals surface area contributed by atoms with Crippen molar-refractivity contribution < 1.29 is 19.1 Å². The monoisotopic (exact) mass is 340 g/mol. The van der Waals surface area contributed by atoms with Crippen molar-refractivity contribution >= 4 is 11.9 Å². The summed E-state index contributed by atoms with van der Waals surface area (Å²) in [6.07, 6.45) is 6.12. The zero-order valence-electron chi connectivity index (χ0n) is 16.4. The largest absolute Gasteiger partial charge is 0.462 e. The van der Waals surface area contributed by atoms with E-state index in [9.17, 15) is 9.59 Å². The van der Waals surface area contributed by atoms with Crippen molar-refractivity contribution in [2.75, 3.05) is 0 Å². The van der Waals surface area contributed by atoms with Crippen LogP contribution in [0.25, 0.3) is 0 Å². The molecule has 2 atom stereocenters. The molecule has 24 heavy (non-hydrogen) atoms. The van der Waals surface area contributed by atoms with E-state index in [2.05, 4.69) is 13.8 Å². The first-order chi connectivity index (χ1) is 11.3. The molecule has 1 aliphatic carbocycles. The summed E-state index contributed by atoms with van der Waals surface area (Å²) < 4.78 is 11.1. The Balaban J connectivity index is 3.21. The Morgan fingerprint density at radius 2 is 1.50 bits per heavy atom. The summed E-state index contributed by atoms with van der Waals surface area (Å²) in [5.74, 6) is -0.304. The van der Waals surface area contributed by atoms with Crippen LogP contribution in [0.3, 0.4) is 0 Å². The molecule has 1 rings (SSSR count). The van der Waals surface area contributed by atoms with Crippen LogP contribution < -0.4 is 0 Å². The van der Waals surface area contributed by atoms with Gasteiger partial charge in [0.05, 0.1) is 12.2 Å². The van der Waals surface area contributed by atoms with Gasteiger partial charge in [0, 0.05) is 0 Å². The van der Waals surface area contributed by atoms with Gasteiger partial charge in [-0.15, -0.1) is 0 Å². The Kier molecular flexibility index (Phi) is 8.24. The summed E-state index contributed by atoms with van der Waals surface area (Å²) >= 11 is 0. The first-order valence-electron chi connectivity index (χ1n) is 9.71. The zero-order valence-corrected chi connectivity index (χ0v) is 16.4. The van der Waals surface area contributed by atoms with Gasteiger partial charge in [-0.05, 0) is 58.8 Å². The predicted octanol–water partition coefficient (Wildman–Crippen LogP) is 4.89. The van der Waals surface area contributed by atoms with Crippen molar-refractivity contribution in [1.82, 2.24) is 0 Å². The van der Waals surface area contributed by atoms with E-state index in [0.717, 1.165) is 38.5 Å². The third-order valence-corrected chi connectivity index (χ3v) is 5.05. The van der Waals surface area contributed by atoms with Crippen LogP contribution in [0.2, 0.25) is 0 Å². The fourth-order valence-corrected chi connectivity index (χ4v) is 4.05. The average molecular weight is 341 g/mol. The molecule has 0 aromatic heterocycles. The number of unbranched alkanes of at least 4 members (excludes halogenated alkanes) is 1. The molecule has 0 spiro atoms. The van der Waals surface area contributed by atoms with Crippen LogP contribution in [0.4, 0.5) is 0 Å². The van der Waals surface area contributed by atoms with E-state index in [4.69, 9.17) is 9.47 Å². The van der Waals surface area contributed by atoms with Gasteiger partial charge in [0.25, 0.3) is 0 Å². The number of carbonyl (C=O) groups is 2. The van der Waals surface area contributed by atoms with Gasteiger partial charge < -0.3 is 9.47 Å². The Bertz CT molecular complexity index is 392. The van der Waals surface area contributed by atoms with E-state index in [0.29, 0.717) is 12.3 Å². The molecular weight excluding hydrogens is 304 g/mol. The number of hydrogen-bond acceptors (Lipinski definition) is 4. The molecule has 0 saturated heterocycles. The van der Waals surface area contributed by atoms with E-state index < -0.39 is 5.41 Å². The van der Waals surface area contributed by atoms with Gasteiger partial charge in [0.15, 0.2) is 5.41 Å². The quantitative estimate of drug-likeness (QED) is 0.443. The third kappa shape index (κ3) is 4.73. The van der Waals surface area contributed by atoms with Crippen LogP contribution in [-0.4, -0.2) is 24.1 Å². The number of carbonyl (C=O) groups excluding carboxylic acids is 2. The van der Waals surface area contributed by atoms with Crippen molar-refractivity contribution in [2.24, 2.45) is 17.3 Å². The third-order valence-electron chi connectivity index (χ3n) is 5.05. The second-order valence-corrected chi connectivity index (χ2v) is 7.72. The van der Waals surface area contributed by atoms with E-state index in [1.807, 2.05) is 27.7 Å². The van der Waals surface area contributed by atoms with E-state index >= 15 is 0 Å². The van der Waals surface area contributed by atoms with Gasteiger partial charge in [-0.2, -0.15) is 0 Å². The minimum absolute atomic E-state index is 0.0369. The molecule has 140 valence electrons. The Labute approximate surface area is 147 Å². The summed E-state index contributed by atoms with van der Waals surface area (Å²) in [4.78, 5) is 26.0.